The molecule has 0 saturated heterocycles. The van der Waals surface area contributed by atoms with Crippen molar-refractivity contribution in [3.63, 3.8) is 0 Å². The van der Waals surface area contributed by atoms with Crippen molar-refractivity contribution < 1.29 is 26.3 Å². The number of carbonyl (C=O) groups excluding carboxylic acids is 1. The Kier molecular flexibility index (Phi) is 6.46. The Morgan fingerprint density at radius 1 is 1.09 bits per heavy atom. The fourth-order valence-electron chi connectivity index (χ4n) is 2.25. The average Bonchev–Trinajstić information content (AvgIpc) is 2.46. The van der Waals surface area contributed by atoms with Gasteiger partial charge < -0.3 is 17.8 Å². The molecule has 0 bridgehead atoms. The molecule has 3 nitrogen and oxygen atoms in total. The van der Waals surface area contributed by atoms with E-state index in [0.717, 1.165) is 4.90 Å². The van der Waals surface area contributed by atoms with Crippen LogP contribution in [0.1, 0.15) is 38.1 Å². The van der Waals surface area contributed by atoms with Crippen LogP contribution in [0.3, 0.4) is 0 Å². The highest BCUT2D eigenvalue weighted by molar-refractivity contribution is 6.36. The predicted molar refractivity (Wildman–Crippen MR) is 83.1 cm³/mol. The summed E-state index contributed by atoms with van der Waals surface area (Å²) >= 11 is 0. The van der Waals surface area contributed by atoms with Crippen LogP contribution in [0.25, 0.3) is 0 Å². The quantitative estimate of drug-likeness (QED) is 0.424. The molecule has 0 aliphatic rings. The number of hydrogen-bond donors (Lipinski definition) is 0. The number of hydrogen-bond acceptors (Lipinski definition) is 2. The van der Waals surface area contributed by atoms with Gasteiger partial charge in [-0.25, -0.2) is 8.63 Å². The Bertz CT molecular complexity index is 545. The van der Waals surface area contributed by atoms with Gasteiger partial charge in [0.1, 0.15) is 5.75 Å². The summed E-state index contributed by atoms with van der Waals surface area (Å²) in [6.07, 6.45) is 0. The first-order valence-electron chi connectivity index (χ1n) is 6.71. The molecule has 23 heavy (non-hydrogen) atoms. The smallest absolute Gasteiger partial charge is 0.505 e. The van der Waals surface area contributed by atoms with E-state index >= 15 is 0 Å². The first kappa shape index (κ1) is 19.8. The summed E-state index contributed by atoms with van der Waals surface area (Å²) in [6.45, 7) is 5.84. The van der Waals surface area contributed by atoms with E-state index in [1.54, 1.807) is 0 Å². The molecule has 1 aromatic carbocycles. The van der Waals surface area contributed by atoms with E-state index in [4.69, 9.17) is 0 Å². The largest absolute Gasteiger partial charge is 0.796 e. The summed E-state index contributed by atoms with van der Waals surface area (Å²) in [5, 5.41) is -2.56. The normalized spacial score (nSPS) is 12.0. The monoisotopic (exact) mass is 361 g/mol. The third-order valence-electron chi connectivity index (χ3n) is 3.12. The maximum atomic E-state index is 13.4. The van der Waals surface area contributed by atoms with E-state index in [1.807, 2.05) is 0 Å². The highest BCUT2D eigenvalue weighted by atomic mass is 28.3. The SMILES string of the molecule is CC(C)([Si]F)N(C(=O)c1ccccc1OB(F)F)C(C)(C)[Si]F. The first-order chi connectivity index (χ1) is 10.6. The van der Waals surface area contributed by atoms with Gasteiger partial charge >= 0.3 is 27.2 Å². The minimum absolute atomic E-state index is 0.162. The molecule has 0 unspecified atom stereocenters. The third kappa shape index (κ3) is 4.60. The molecule has 0 heterocycles. The van der Waals surface area contributed by atoms with Gasteiger partial charge in [0.05, 0.1) is 15.9 Å². The first-order valence-corrected chi connectivity index (χ1v) is 8.46. The third-order valence-corrected chi connectivity index (χ3v) is 4.49. The fraction of sp³-hybridized carbons (Fsp3) is 0.462. The summed E-state index contributed by atoms with van der Waals surface area (Å²) in [6, 6.07) is 5.41. The molecule has 0 aromatic heterocycles. The van der Waals surface area contributed by atoms with Crippen molar-refractivity contribution in [3.8, 4) is 5.75 Å². The number of carbonyl (C=O) groups is 1. The Hall–Kier alpha value is -1.29. The zero-order chi connectivity index (χ0) is 17.8. The number of para-hydroxylation sites is 1. The number of amides is 1. The van der Waals surface area contributed by atoms with Crippen LogP contribution in [0, 0.1) is 0 Å². The predicted octanol–water partition coefficient (Wildman–Crippen LogP) is 3.08. The lowest BCUT2D eigenvalue weighted by atomic mass is 10.1. The van der Waals surface area contributed by atoms with Gasteiger partial charge in [-0.1, -0.05) is 12.1 Å². The molecule has 1 amide bonds. The van der Waals surface area contributed by atoms with Crippen molar-refractivity contribution in [3.05, 3.63) is 29.8 Å². The van der Waals surface area contributed by atoms with Crippen LogP contribution < -0.4 is 4.65 Å². The van der Waals surface area contributed by atoms with Crippen LogP contribution in [0.2, 0.25) is 0 Å². The van der Waals surface area contributed by atoms with Crippen molar-refractivity contribution >= 4 is 33.1 Å². The summed E-state index contributed by atoms with van der Waals surface area (Å²) in [5.41, 5.74) is -0.162. The van der Waals surface area contributed by atoms with Gasteiger partial charge in [0, 0.05) is 0 Å². The molecule has 0 spiro atoms. The van der Waals surface area contributed by atoms with Crippen LogP contribution >= 0.6 is 0 Å². The number of halogens is 4. The van der Waals surface area contributed by atoms with E-state index < -0.39 is 43.4 Å². The zero-order valence-electron chi connectivity index (χ0n) is 13.2. The molecule has 124 valence electrons. The second-order valence-corrected chi connectivity index (χ2v) is 8.65. The van der Waals surface area contributed by atoms with Gasteiger partial charge in [-0.05, 0) is 39.8 Å². The minimum atomic E-state index is -3.11. The van der Waals surface area contributed by atoms with Crippen molar-refractivity contribution in [2.24, 2.45) is 0 Å². The fourth-order valence-corrected chi connectivity index (χ4v) is 3.30. The van der Waals surface area contributed by atoms with Crippen LogP contribution in [0.15, 0.2) is 24.3 Å². The summed E-state index contributed by atoms with van der Waals surface area (Å²) < 4.78 is 56.2. The summed E-state index contributed by atoms with van der Waals surface area (Å²) in [4.78, 5) is 13.9. The van der Waals surface area contributed by atoms with Crippen LogP contribution in [0.4, 0.5) is 16.8 Å². The lowest BCUT2D eigenvalue weighted by molar-refractivity contribution is 0.0503. The van der Waals surface area contributed by atoms with Crippen LogP contribution in [0.5, 0.6) is 5.75 Å². The zero-order valence-corrected chi connectivity index (χ0v) is 15.2. The lowest BCUT2D eigenvalue weighted by Crippen LogP contribution is -2.62. The number of nitrogens with zero attached hydrogens (tertiary/aromatic N) is 1. The van der Waals surface area contributed by atoms with Gasteiger partial charge in [-0.2, -0.15) is 0 Å². The van der Waals surface area contributed by atoms with Gasteiger partial charge in [-0.3, -0.25) is 4.79 Å². The molecule has 0 N–H and O–H groups in total. The second-order valence-electron chi connectivity index (χ2n) is 5.82. The molecule has 1 rings (SSSR count). The Morgan fingerprint density at radius 3 is 2.00 bits per heavy atom. The van der Waals surface area contributed by atoms with Crippen LogP contribution in [-0.2, 0) is 0 Å². The standard InChI is InChI=1S/C13H16BF4NO2Si2/c1-12(2,22-17)19(13(3,4)23-18)11(20)9-7-5-6-8-10(9)21-14(15)16/h5-8H,1-4H3. The van der Waals surface area contributed by atoms with Gasteiger partial charge in [0.15, 0.2) is 0 Å². The molecular formula is C13H16BF4NO2Si2. The number of benzene rings is 1. The van der Waals surface area contributed by atoms with Gasteiger partial charge in [-0.15, -0.1) is 0 Å². The molecular weight excluding hydrogens is 345 g/mol. The van der Waals surface area contributed by atoms with Crippen molar-refractivity contribution in [1.82, 2.24) is 4.90 Å². The molecule has 0 fully saturated rings. The molecule has 4 radical (unpaired) electrons. The van der Waals surface area contributed by atoms with Crippen molar-refractivity contribution in [2.75, 3.05) is 0 Å². The van der Waals surface area contributed by atoms with Crippen molar-refractivity contribution in [1.29, 1.82) is 0 Å². The van der Waals surface area contributed by atoms with Gasteiger partial charge in [0.25, 0.3) is 5.91 Å². The maximum absolute atomic E-state index is 13.4. The summed E-state index contributed by atoms with van der Waals surface area (Å²) in [5.74, 6) is -1.08. The molecule has 0 aliphatic heterocycles. The van der Waals surface area contributed by atoms with E-state index in [1.165, 1.54) is 52.0 Å². The van der Waals surface area contributed by atoms with E-state index in [2.05, 4.69) is 4.65 Å². The number of rotatable bonds is 7. The molecule has 0 aliphatic carbocycles. The molecule has 10 heteroatoms. The Morgan fingerprint density at radius 2 is 1.57 bits per heavy atom. The molecule has 0 saturated carbocycles. The highest BCUT2D eigenvalue weighted by Crippen LogP contribution is 2.30. The van der Waals surface area contributed by atoms with Gasteiger partial charge in [0.2, 0.25) is 0 Å². The van der Waals surface area contributed by atoms with Crippen LogP contribution in [-0.4, -0.2) is 48.3 Å². The average molecular weight is 361 g/mol. The Balaban J connectivity index is 3.37. The Labute approximate surface area is 138 Å². The summed E-state index contributed by atoms with van der Waals surface area (Å²) in [7, 11) is -5.46. The minimum Gasteiger partial charge on any atom is -0.505 e. The molecule has 1 aromatic rings. The highest BCUT2D eigenvalue weighted by Gasteiger charge is 2.44. The van der Waals surface area contributed by atoms with E-state index in [0.29, 0.717) is 0 Å². The van der Waals surface area contributed by atoms with Crippen molar-refractivity contribution in [2.45, 2.75) is 38.0 Å². The topological polar surface area (TPSA) is 29.5 Å². The molecule has 0 atom stereocenters. The van der Waals surface area contributed by atoms with E-state index in [9.17, 15) is 21.6 Å². The maximum Gasteiger partial charge on any atom is 0.796 e. The second kappa shape index (κ2) is 7.52. The lowest BCUT2D eigenvalue weighted by Gasteiger charge is -2.45. The van der Waals surface area contributed by atoms with E-state index in [-0.39, 0.29) is 11.3 Å².